The number of halogens is 1. The van der Waals surface area contributed by atoms with Crippen LogP contribution in [0.5, 0.6) is 11.5 Å². The molecule has 2 rings (SSSR count). The van der Waals surface area contributed by atoms with Crippen molar-refractivity contribution < 1.29 is 23.8 Å². The van der Waals surface area contributed by atoms with Crippen LogP contribution in [-0.2, 0) is 9.53 Å². The molecule has 0 heterocycles. The number of benzene rings is 2. The van der Waals surface area contributed by atoms with Crippen LogP contribution in [0, 0.1) is 14.9 Å². The molecular formula is C22H19IN2O5. The second-order valence-electron chi connectivity index (χ2n) is 5.83. The summed E-state index contributed by atoms with van der Waals surface area (Å²) in [5.74, 6) is -0.0197. The maximum Gasteiger partial charge on any atom is 0.337 e. The first-order chi connectivity index (χ1) is 14.4. The Labute approximate surface area is 188 Å². The molecule has 0 aliphatic rings. The van der Waals surface area contributed by atoms with Crippen molar-refractivity contribution in [3.05, 3.63) is 69.3 Å². The van der Waals surface area contributed by atoms with Gasteiger partial charge in [0.1, 0.15) is 18.2 Å². The van der Waals surface area contributed by atoms with Gasteiger partial charge in [-0.15, -0.1) is 0 Å². The Hall–Kier alpha value is -3.32. The van der Waals surface area contributed by atoms with Gasteiger partial charge in [0.25, 0.3) is 5.91 Å². The van der Waals surface area contributed by atoms with Gasteiger partial charge in [0, 0.05) is 5.69 Å². The van der Waals surface area contributed by atoms with E-state index in [0.717, 1.165) is 3.57 Å². The largest absolute Gasteiger partial charge is 0.493 e. The summed E-state index contributed by atoms with van der Waals surface area (Å²) < 4.78 is 16.4. The smallest absolute Gasteiger partial charge is 0.337 e. The summed E-state index contributed by atoms with van der Waals surface area (Å²) in [6.07, 6.45) is 3.08. The lowest BCUT2D eigenvalue weighted by Gasteiger charge is -2.12. The maximum atomic E-state index is 12.5. The minimum Gasteiger partial charge on any atom is -0.493 e. The molecule has 0 aliphatic heterocycles. The highest BCUT2D eigenvalue weighted by atomic mass is 127. The lowest BCUT2D eigenvalue weighted by molar-refractivity contribution is -0.112. The van der Waals surface area contributed by atoms with E-state index in [1.54, 1.807) is 30.3 Å². The molecule has 0 bridgehead atoms. The molecule has 0 fully saturated rings. The molecule has 7 nitrogen and oxygen atoms in total. The molecule has 0 aromatic heterocycles. The van der Waals surface area contributed by atoms with Crippen molar-refractivity contribution in [1.29, 1.82) is 5.26 Å². The fourth-order valence-electron chi connectivity index (χ4n) is 2.43. The highest BCUT2D eigenvalue weighted by molar-refractivity contribution is 14.1. The minimum absolute atomic E-state index is 0.0929. The van der Waals surface area contributed by atoms with Crippen LogP contribution in [0.15, 0.2) is 54.6 Å². The number of esters is 1. The number of carbonyl (C=O) groups excluding carboxylic acids is 2. The molecule has 0 saturated carbocycles. The van der Waals surface area contributed by atoms with Crippen molar-refractivity contribution in [2.24, 2.45) is 0 Å². The van der Waals surface area contributed by atoms with E-state index in [1.165, 1.54) is 32.4 Å². The van der Waals surface area contributed by atoms with Gasteiger partial charge in [0.15, 0.2) is 11.5 Å². The Balaban J connectivity index is 2.25. The average Bonchev–Trinajstić information content (AvgIpc) is 2.76. The predicted octanol–water partition coefficient (Wildman–Crippen LogP) is 4.20. The molecule has 2 aromatic carbocycles. The number of hydrogen-bond donors (Lipinski definition) is 1. The summed E-state index contributed by atoms with van der Waals surface area (Å²) in [5, 5.41) is 12.1. The Morgan fingerprint density at radius 3 is 2.50 bits per heavy atom. The van der Waals surface area contributed by atoms with Crippen molar-refractivity contribution in [2.45, 2.75) is 0 Å². The van der Waals surface area contributed by atoms with Crippen molar-refractivity contribution in [1.82, 2.24) is 0 Å². The Bertz CT molecular complexity index is 1020. The number of anilines is 1. The van der Waals surface area contributed by atoms with Crippen LogP contribution in [0.4, 0.5) is 5.69 Å². The third-order valence-corrected chi connectivity index (χ3v) is 4.64. The van der Waals surface area contributed by atoms with E-state index in [0.29, 0.717) is 34.9 Å². The third kappa shape index (κ3) is 5.84. The molecule has 1 amide bonds. The quantitative estimate of drug-likeness (QED) is 0.185. The van der Waals surface area contributed by atoms with E-state index in [4.69, 9.17) is 9.47 Å². The number of amides is 1. The van der Waals surface area contributed by atoms with Gasteiger partial charge in [-0.3, -0.25) is 4.79 Å². The molecule has 154 valence electrons. The van der Waals surface area contributed by atoms with Gasteiger partial charge < -0.3 is 19.5 Å². The van der Waals surface area contributed by atoms with E-state index in [9.17, 15) is 14.9 Å². The Kier molecular flexibility index (Phi) is 8.43. The normalized spacial score (nSPS) is 10.5. The van der Waals surface area contributed by atoms with Gasteiger partial charge in [-0.25, -0.2) is 4.79 Å². The van der Waals surface area contributed by atoms with Crippen LogP contribution in [0.25, 0.3) is 6.08 Å². The number of ether oxygens (including phenoxy) is 3. The van der Waals surface area contributed by atoms with Gasteiger partial charge in [0.2, 0.25) is 0 Å². The molecule has 0 aliphatic carbocycles. The van der Waals surface area contributed by atoms with Gasteiger partial charge in [-0.2, -0.15) is 5.26 Å². The van der Waals surface area contributed by atoms with E-state index in [1.807, 2.05) is 6.07 Å². The number of methoxy groups -OCH3 is 2. The molecular weight excluding hydrogens is 499 g/mol. The van der Waals surface area contributed by atoms with E-state index < -0.39 is 11.9 Å². The van der Waals surface area contributed by atoms with E-state index in [2.05, 4.69) is 39.2 Å². The zero-order valence-corrected chi connectivity index (χ0v) is 18.6. The highest BCUT2D eigenvalue weighted by Crippen LogP contribution is 2.34. The third-order valence-electron chi connectivity index (χ3n) is 3.84. The summed E-state index contributed by atoms with van der Waals surface area (Å²) in [5.41, 5.74) is 1.31. The fourth-order valence-corrected chi connectivity index (χ4v) is 3.21. The number of hydrogen-bond acceptors (Lipinski definition) is 6. The second-order valence-corrected chi connectivity index (χ2v) is 6.99. The van der Waals surface area contributed by atoms with Crippen molar-refractivity contribution in [3.8, 4) is 17.6 Å². The minimum atomic E-state index is -0.579. The predicted molar refractivity (Wildman–Crippen MR) is 121 cm³/mol. The van der Waals surface area contributed by atoms with Crippen molar-refractivity contribution in [2.75, 3.05) is 26.1 Å². The Morgan fingerprint density at radius 2 is 1.93 bits per heavy atom. The summed E-state index contributed by atoms with van der Waals surface area (Å²) in [7, 11) is 2.80. The van der Waals surface area contributed by atoms with Crippen LogP contribution in [0.3, 0.4) is 0 Å². The lowest BCUT2D eigenvalue weighted by Crippen LogP contribution is -2.13. The molecule has 0 atom stereocenters. The first-order valence-corrected chi connectivity index (χ1v) is 9.74. The number of nitrogens with one attached hydrogen (secondary N) is 1. The molecule has 0 radical (unpaired) electrons. The maximum absolute atomic E-state index is 12.5. The van der Waals surface area contributed by atoms with Gasteiger partial charge in [-0.1, -0.05) is 12.7 Å². The zero-order valence-electron chi connectivity index (χ0n) is 16.4. The number of rotatable bonds is 8. The number of nitrogens with zero attached hydrogens (tertiary/aromatic N) is 1. The first kappa shape index (κ1) is 23.0. The number of carbonyl (C=O) groups is 2. The summed E-state index contributed by atoms with van der Waals surface area (Å²) in [4.78, 5) is 24.0. The van der Waals surface area contributed by atoms with E-state index >= 15 is 0 Å². The second kappa shape index (κ2) is 11.0. The Morgan fingerprint density at radius 1 is 1.23 bits per heavy atom. The van der Waals surface area contributed by atoms with Gasteiger partial charge in [-0.05, 0) is 70.6 Å². The topological polar surface area (TPSA) is 97.7 Å². The fraction of sp³-hybridized carbons (Fsp3) is 0.136. The monoisotopic (exact) mass is 518 g/mol. The molecule has 0 saturated heterocycles. The van der Waals surface area contributed by atoms with Crippen molar-refractivity contribution >= 4 is 46.2 Å². The molecule has 0 spiro atoms. The molecule has 2 aromatic rings. The SMILES string of the molecule is C=CCOc1c(I)cc(/C=C(\C#N)C(=O)Nc2ccc(C(=O)OC)cc2)cc1OC. The molecule has 8 heteroatoms. The lowest BCUT2D eigenvalue weighted by atomic mass is 10.1. The van der Waals surface area contributed by atoms with Crippen molar-refractivity contribution in [3.63, 3.8) is 0 Å². The van der Waals surface area contributed by atoms with Gasteiger partial charge >= 0.3 is 5.97 Å². The number of nitriles is 1. The highest BCUT2D eigenvalue weighted by Gasteiger charge is 2.14. The molecule has 30 heavy (non-hydrogen) atoms. The average molecular weight is 518 g/mol. The van der Waals surface area contributed by atoms with E-state index in [-0.39, 0.29) is 5.57 Å². The zero-order chi connectivity index (χ0) is 22.1. The van der Waals surface area contributed by atoms with Crippen LogP contribution in [-0.4, -0.2) is 32.7 Å². The van der Waals surface area contributed by atoms with Gasteiger partial charge in [0.05, 0.1) is 23.4 Å². The molecule has 0 unspecified atom stereocenters. The summed E-state index contributed by atoms with van der Waals surface area (Å²) >= 11 is 2.09. The summed E-state index contributed by atoms with van der Waals surface area (Å²) in [6.45, 7) is 3.94. The first-order valence-electron chi connectivity index (χ1n) is 8.66. The summed E-state index contributed by atoms with van der Waals surface area (Å²) in [6, 6.07) is 11.5. The molecule has 1 N–H and O–H groups in total. The van der Waals surface area contributed by atoms with Crippen LogP contribution < -0.4 is 14.8 Å². The van der Waals surface area contributed by atoms with Crippen LogP contribution >= 0.6 is 22.6 Å². The van der Waals surface area contributed by atoms with Crippen LogP contribution in [0.2, 0.25) is 0 Å². The standard InChI is InChI=1S/C22H19IN2O5/c1-4-9-30-20-18(23)11-14(12-19(20)28-2)10-16(13-24)21(26)25-17-7-5-15(6-8-17)22(27)29-3/h4-8,10-12H,1,9H2,2-3H3,(H,25,26)/b16-10+. The van der Waals surface area contributed by atoms with Crippen LogP contribution in [0.1, 0.15) is 15.9 Å².